The first-order valence-electron chi connectivity index (χ1n) is 5.96. The third-order valence-electron chi connectivity index (χ3n) is 3.46. The standard InChI is InChI=1S/C12H17BrN2O2S/c1-16-7-8-9(13)10(18)15-11(14-8)12(17-2)5-3-4-6-12/h3-7H2,1-2H3,(H,14,15,18). The average Bonchev–Trinajstić information content (AvgIpc) is 2.85. The van der Waals surface area contributed by atoms with Crippen LogP contribution in [0, 0.1) is 4.64 Å². The van der Waals surface area contributed by atoms with Crippen LogP contribution in [-0.2, 0) is 21.7 Å². The van der Waals surface area contributed by atoms with Gasteiger partial charge >= 0.3 is 0 Å². The molecule has 1 aliphatic rings. The summed E-state index contributed by atoms with van der Waals surface area (Å²) in [6, 6.07) is 0. The largest absolute Gasteiger partial charge is 0.378 e. The second-order valence-corrected chi connectivity index (χ2v) is 5.70. The summed E-state index contributed by atoms with van der Waals surface area (Å²) < 4.78 is 12.2. The van der Waals surface area contributed by atoms with E-state index >= 15 is 0 Å². The lowest BCUT2D eigenvalue weighted by Crippen LogP contribution is -2.28. The van der Waals surface area contributed by atoms with Crippen LogP contribution in [0.3, 0.4) is 0 Å². The van der Waals surface area contributed by atoms with E-state index in [4.69, 9.17) is 21.7 Å². The van der Waals surface area contributed by atoms with Gasteiger partial charge in [0.1, 0.15) is 16.1 Å². The van der Waals surface area contributed by atoms with Crippen molar-refractivity contribution >= 4 is 28.1 Å². The number of hydrogen-bond donors (Lipinski definition) is 1. The van der Waals surface area contributed by atoms with Gasteiger partial charge in [-0.2, -0.15) is 0 Å². The number of rotatable bonds is 4. The SMILES string of the molecule is COCc1[nH]c(C2(OC)CCCC2)nc(=S)c1Br. The van der Waals surface area contributed by atoms with Gasteiger partial charge in [0.2, 0.25) is 0 Å². The molecule has 1 aromatic rings. The predicted octanol–water partition coefficient (Wildman–Crippen LogP) is 3.46. The smallest absolute Gasteiger partial charge is 0.144 e. The molecule has 4 nitrogen and oxygen atoms in total. The molecule has 0 bridgehead atoms. The Morgan fingerprint density at radius 2 is 2.06 bits per heavy atom. The molecular weight excluding hydrogens is 316 g/mol. The van der Waals surface area contributed by atoms with Crippen molar-refractivity contribution in [1.29, 1.82) is 0 Å². The summed E-state index contributed by atoms with van der Waals surface area (Å²) in [5.41, 5.74) is 0.604. The number of hydrogen-bond acceptors (Lipinski definition) is 4. The van der Waals surface area contributed by atoms with E-state index in [-0.39, 0.29) is 5.60 Å². The number of aromatic nitrogens is 2. The van der Waals surface area contributed by atoms with Crippen molar-refractivity contribution in [2.45, 2.75) is 37.9 Å². The van der Waals surface area contributed by atoms with Crippen molar-refractivity contribution in [3.05, 3.63) is 20.6 Å². The molecule has 0 saturated heterocycles. The van der Waals surface area contributed by atoms with Crippen molar-refractivity contribution in [2.75, 3.05) is 14.2 Å². The lowest BCUT2D eigenvalue weighted by Gasteiger charge is -2.27. The summed E-state index contributed by atoms with van der Waals surface area (Å²) in [6.45, 7) is 0.472. The number of halogens is 1. The molecule has 0 amide bonds. The Morgan fingerprint density at radius 1 is 1.39 bits per heavy atom. The Hall–Kier alpha value is -0.300. The maximum atomic E-state index is 5.72. The van der Waals surface area contributed by atoms with Crippen LogP contribution in [0.25, 0.3) is 0 Å². The van der Waals surface area contributed by atoms with E-state index < -0.39 is 0 Å². The van der Waals surface area contributed by atoms with Crippen LogP contribution >= 0.6 is 28.1 Å². The van der Waals surface area contributed by atoms with Gasteiger partial charge in [0, 0.05) is 14.2 Å². The topological polar surface area (TPSA) is 47.1 Å². The van der Waals surface area contributed by atoms with Crippen LogP contribution < -0.4 is 0 Å². The highest BCUT2D eigenvalue weighted by atomic mass is 79.9. The van der Waals surface area contributed by atoms with Crippen LogP contribution in [0.2, 0.25) is 0 Å². The maximum Gasteiger partial charge on any atom is 0.144 e. The third-order valence-corrected chi connectivity index (χ3v) is 4.87. The quantitative estimate of drug-likeness (QED) is 0.857. The summed E-state index contributed by atoms with van der Waals surface area (Å²) in [5, 5.41) is 0. The lowest BCUT2D eigenvalue weighted by atomic mass is 10.0. The molecule has 6 heteroatoms. The fourth-order valence-electron chi connectivity index (χ4n) is 2.45. The first-order valence-corrected chi connectivity index (χ1v) is 7.16. The summed E-state index contributed by atoms with van der Waals surface area (Å²) >= 11 is 8.73. The van der Waals surface area contributed by atoms with Crippen molar-refractivity contribution in [3.63, 3.8) is 0 Å². The fourth-order valence-corrected chi connectivity index (χ4v) is 2.97. The van der Waals surface area contributed by atoms with Gasteiger partial charge in [-0.1, -0.05) is 12.2 Å². The van der Waals surface area contributed by atoms with E-state index in [9.17, 15) is 0 Å². The van der Waals surface area contributed by atoms with Crippen LogP contribution in [0.1, 0.15) is 37.2 Å². The van der Waals surface area contributed by atoms with Gasteiger partial charge in [-0.25, -0.2) is 4.98 Å². The Labute approximate surface area is 120 Å². The molecule has 1 fully saturated rings. The minimum atomic E-state index is -0.309. The minimum Gasteiger partial charge on any atom is -0.378 e. The molecule has 1 aromatic heterocycles. The van der Waals surface area contributed by atoms with Crippen LogP contribution in [0.5, 0.6) is 0 Å². The van der Waals surface area contributed by atoms with Gasteiger partial charge in [0.25, 0.3) is 0 Å². The second-order valence-electron chi connectivity index (χ2n) is 4.52. The highest BCUT2D eigenvalue weighted by Crippen LogP contribution is 2.40. The Balaban J connectivity index is 2.47. The maximum absolute atomic E-state index is 5.72. The van der Waals surface area contributed by atoms with Gasteiger partial charge in [-0.05, 0) is 41.6 Å². The van der Waals surface area contributed by atoms with Crippen molar-refractivity contribution in [1.82, 2.24) is 9.97 Å². The monoisotopic (exact) mass is 332 g/mol. The first kappa shape index (κ1) is 14.1. The molecule has 1 heterocycles. The van der Waals surface area contributed by atoms with Crippen molar-refractivity contribution in [3.8, 4) is 0 Å². The van der Waals surface area contributed by atoms with E-state index in [0.717, 1.165) is 41.7 Å². The molecule has 2 rings (SSSR count). The van der Waals surface area contributed by atoms with Crippen LogP contribution in [0.15, 0.2) is 4.47 Å². The normalized spacial score (nSPS) is 18.2. The fraction of sp³-hybridized carbons (Fsp3) is 0.667. The molecule has 1 aliphatic carbocycles. The van der Waals surface area contributed by atoms with E-state index in [1.54, 1.807) is 14.2 Å². The Morgan fingerprint density at radius 3 is 2.61 bits per heavy atom. The summed E-state index contributed by atoms with van der Waals surface area (Å²) in [6.07, 6.45) is 4.28. The molecule has 100 valence electrons. The van der Waals surface area contributed by atoms with Gasteiger partial charge in [0.05, 0.1) is 16.8 Å². The Bertz CT molecular complexity index is 483. The minimum absolute atomic E-state index is 0.309. The number of H-pyrrole nitrogens is 1. The van der Waals surface area contributed by atoms with Crippen molar-refractivity contribution < 1.29 is 9.47 Å². The van der Waals surface area contributed by atoms with E-state index in [1.165, 1.54) is 0 Å². The number of ether oxygens (including phenoxy) is 2. The zero-order chi connectivity index (χ0) is 13.2. The van der Waals surface area contributed by atoms with Gasteiger partial charge in [-0.15, -0.1) is 0 Å². The molecule has 0 aromatic carbocycles. The molecular formula is C12H17BrN2O2S. The van der Waals surface area contributed by atoms with Gasteiger partial charge < -0.3 is 14.5 Å². The molecule has 1 saturated carbocycles. The average molecular weight is 333 g/mol. The third kappa shape index (κ3) is 2.52. The van der Waals surface area contributed by atoms with Crippen LogP contribution in [0.4, 0.5) is 0 Å². The molecule has 0 spiro atoms. The number of aromatic amines is 1. The highest BCUT2D eigenvalue weighted by molar-refractivity contribution is 9.10. The summed E-state index contributed by atoms with van der Waals surface area (Å²) in [5.74, 6) is 0.822. The van der Waals surface area contributed by atoms with E-state index in [1.807, 2.05) is 0 Å². The Kier molecular flexibility index (Phi) is 4.53. The molecule has 18 heavy (non-hydrogen) atoms. The zero-order valence-electron chi connectivity index (χ0n) is 10.6. The molecule has 0 aliphatic heterocycles. The molecule has 0 atom stereocenters. The number of nitrogens with one attached hydrogen (secondary N) is 1. The molecule has 1 N–H and O–H groups in total. The molecule has 0 unspecified atom stereocenters. The lowest BCUT2D eigenvalue weighted by molar-refractivity contribution is -0.0168. The van der Waals surface area contributed by atoms with Crippen molar-refractivity contribution in [2.24, 2.45) is 0 Å². The number of nitrogens with zero attached hydrogens (tertiary/aromatic N) is 1. The van der Waals surface area contributed by atoms with Gasteiger partial charge in [0.15, 0.2) is 0 Å². The highest BCUT2D eigenvalue weighted by Gasteiger charge is 2.38. The zero-order valence-corrected chi connectivity index (χ0v) is 13.0. The molecule has 0 radical (unpaired) electrons. The second kappa shape index (κ2) is 5.77. The van der Waals surface area contributed by atoms with Gasteiger partial charge in [-0.3, -0.25) is 0 Å². The first-order chi connectivity index (χ1) is 8.63. The summed E-state index contributed by atoms with van der Waals surface area (Å²) in [4.78, 5) is 7.79. The summed E-state index contributed by atoms with van der Waals surface area (Å²) in [7, 11) is 3.40. The van der Waals surface area contributed by atoms with E-state index in [0.29, 0.717) is 11.2 Å². The van der Waals surface area contributed by atoms with Crippen LogP contribution in [-0.4, -0.2) is 24.2 Å². The predicted molar refractivity (Wildman–Crippen MR) is 75.0 cm³/mol. The van der Waals surface area contributed by atoms with E-state index in [2.05, 4.69) is 25.9 Å². The number of methoxy groups -OCH3 is 2.